The van der Waals surface area contributed by atoms with Gasteiger partial charge in [-0.2, -0.15) is 0 Å². The van der Waals surface area contributed by atoms with E-state index in [2.05, 4.69) is 20.9 Å². The number of halogens is 1. The number of primary amides is 1. The fourth-order valence-corrected chi connectivity index (χ4v) is 1.47. The lowest BCUT2D eigenvalue weighted by atomic mass is 10.4. The number of carbonyl (C=O) groups is 1. The molecule has 2 rings (SSSR count). The average molecular weight is 240 g/mol. The zero-order valence-corrected chi connectivity index (χ0v) is 8.15. The molecule has 5 heteroatoms. The molecule has 0 aromatic carbocycles. The molecule has 0 aliphatic carbocycles. The average Bonchev–Trinajstić information content (AvgIpc) is 2.46. The molecule has 0 atom stereocenters. The van der Waals surface area contributed by atoms with Gasteiger partial charge in [-0.3, -0.25) is 9.20 Å². The van der Waals surface area contributed by atoms with E-state index in [0.29, 0.717) is 11.3 Å². The van der Waals surface area contributed by atoms with Crippen LogP contribution in [0.3, 0.4) is 0 Å². The van der Waals surface area contributed by atoms with Crippen LogP contribution in [0.15, 0.2) is 29.0 Å². The van der Waals surface area contributed by atoms with Gasteiger partial charge in [-0.05, 0) is 28.1 Å². The van der Waals surface area contributed by atoms with E-state index in [9.17, 15) is 4.79 Å². The summed E-state index contributed by atoms with van der Waals surface area (Å²) in [5.74, 6) is -0.481. The van der Waals surface area contributed by atoms with Crippen molar-refractivity contribution in [1.82, 2.24) is 9.38 Å². The van der Waals surface area contributed by atoms with Crippen LogP contribution in [0.2, 0.25) is 0 Å². The second-order valence-corrected chi connectivity index (χ2v) is 3.50. The predicted molar refractivity (Wildman–Crippen MR) is 51.4 cm³/mol. The molecule has 0 radical (unpaired) electrons. The fraction of sp³-hybridized carbons (Fsp3) is 0. The Morgan fingerprint density at radius 3 is 3.00 bits per heavy atom. The Morgan fingerprint density at radius 1 is 1.54 bits per heavy atom. The van der Waals surface area contributed by atoms with Crippen LogP contribution < -0.4 is 5.73 Å². The second kappa shape index (κ2) is 2.85. The maximum Gasteiger partial charge on any atom is 0.267 e. The SMILES string of the molecule is NC(=O)c1cnc2ccc(Br)cn12. The summed E-state index contributed by atoms with van der Waals surface area (Å²) in [6, 6.07) is 3.66. The summed E-state index contributed by atoms with van der Waals surface area (Å²) in [5.41, 5.74) is 6.25. The van der Waals surface area contributed by atoms with Gasteiger partial charge in [-0.25, -0.2) is 4.98 Å². The maximum absolute atomic E-state index is 10.9. The van der Waals surface area contributed by atoms with E-state index in [1.54, 1.807) is 16.7 Å². The Balaban J connectivity index is 2.79. The third-order valence-electron chi connectivity index (χ3n) is 1.72. The molecule has 0 spiro atoms. The molecule has 0 unspecified atom stereocenters. The lowest BCUT2D eigenvalue weighted by molar-refractivity contribution is 0.0995. The Hall–Kier alpha value is -1.36. The van der Waals surface area contributed by atoms with Gasteiger partial charge in [-0.15, -0.1) is 0 Å². The van der Waals surface area contributed by atoms with Crippen LogP contribution in [0, 0.1) is 0 Å². The second-order valence-electron chi connectivity index (χ2n) is 2.58. The van der Waals surface area contributed by atoms with E-state index in [1.807, 2.05) is 6.07 Å². The molecule has 0 aliphatic rings. The van der Waals surface area contributed by atoms with Crippen LogP contribution >= 0.6 is 15.9 Å². The van der Waals surface area contributed by atoms with Crippen LogP contribution in [0.1, 0.15) is 10.5 Å². The van der Waals surface area contributed by atoms with Crippen molar-refractivity contribution in [2.24, 2.45) is 5.73 Å². The number of fused-ring (bicyclic) bond motifs is 1. The molecule has 2 heterocycles. The first-order valence-electron chi connectivity index (χ1n) is 3.61. The summed E-state index contributed by atoms with van der Waals surface area (Å²) in [4.78, 5) is 15.0. The highest BCUT2D eigenvalue weighted by Gasteiger charge is 2.07. The molecule has 0 fully saturated rings. The number of rotatable bonds is 1. The lowest BCUT2D eigenvalue weighted by Gasteiger charge is -1.97. The molecule has 2 aromatic heterocycles. The van der Waals surface area contributed by atoms with Crippen molar-refractivity contribution >= 4 is 27.5 Å². The summed E-state index contributed by atoms with van der Waals surface area (Å²) < 4.78 is 2.52. The van der Waals surface area contributed by atoms with Gasteiger partial charge in [0.2, 0.25) is 0 Å². The van der Waals surface area contributed by atoms with E-state index in [4.69, 9.17) is 5.73 Å². The minimum absolute atomic E-state index is 0.385. The molecule has 0 saturated carbocycles. The topological polar surface area (TPSA) is 60.4 Å². The first kappa shape index (κ1) is 8.25. The number of amides is 1. The number of hydrogen-bond donors (Lipinski definition) is 1. The van der Waals surface area contributed by atoms with Crippen molar-refractivity contribution < 1.29 is 4.79 Å². The van der Waals surface area contributed by atoms with Crippen molar-refractivity contribution in [3.05, 3.63) is 34.7 Å². The smallest absolute Gasteiger partial charge is 0.267 e. The predicted octanol–water partition coefficient (Wildman–Crippen LogP) is 1.20. The summed E-state index contributed by atoms with van der Waals surface area (Å²) in [6.45, 7) is 0. The zero-order valence-electron chi connectivity index (χ0n) is 6.57. The van der Waals surface area contributed by atoms with Gasteiger partial charge in [0.1, 0.15) is 11.3 Å². The van der Waals surface area contributed by atoms with Gasteiger partial charge in [0.25, 0.3) is 5.91 Å². The number of hydrogen-bond acceptors (Lipinski definition) is 2. The van der Waals surface area contributed by atoms with Crippen LogP contribution in [0.5, 0.6) is 0 Å². The zero-order chi connectivity index (χ0) is 9.42. The number of carbonyl (C=O) groups excluding carboxylic acids is 1. The molecule has 2 aromatic rings. The first-order valence-corrected chi connectivity index (χ1v) is 4.40. The van der Waals surface area contributed by atoms with E-state index >= 15 is 0 Å². The van der Waals surface area contributed by atoms with Crippen molar-refractivity contribution in [3.8, 4) is 0 Å². The van der Waals surface area contributed by atoms with Crippen molar-refractivity contribution in [1.29, 1.82) is 0 Å². The molecule has 4 nitrogen and oxygen atoms in total. The molecule has 0 bridgehead atoms. The van der Waals surface area contributed by atoms with E-state index in [1.165, 1.54) is 6.20 Å². The Kier molecular flexibility index (Phi) is 1.81. The van der Waals surface area contributed by atoms with Crippen LogP contribution in [-0.4, -0.2) is 15.3 Å². The summed E-state index contributed by atoms with van der Waals surface area (Å²) in [6.07, 6.45) is 3.21. The number of pyridine rings is 1. The molecular weight excluding hydrogens is 234 g/mol. The Bertz CT molecular complexity index is 477. The monoisotopic (exact) mass is 239 g/mol. The van der Waals surface area contributed by atoms with E-state index < -0.39 is 5.91 Å². The van der Waals surface area contributed by atoms with Crippen molar-refractivity contribution in [3.63, 3.8) is 0 Å². The first-order chi connectivity index (χ1) is 6.18. The van der Waals surface area contributed by atoms with Gasteiger partial charge in [0.05, 0.1) is 6.20 Å². The van der Waals surface area contributed by atoms with Crippen LogP contribution in [0.25, 0.3) is 5.65 Å². The molecule has 0 saturated heterocycles. The number of nitrogens with zero attached hydrogens (tertiary/aromatic N) is 2. The quantitative estimate of drug-likeness (QED) is 0.813. The third kappa shape index (κ3) is 1.31. The van der Waals surface area contributed by atoms with Crippen LogP contribution in [-0.2, 0) is 0 Å². The maximum atomic E-state index is 10.9. The van der Waals surface area contributed by atoms with E-state index in [-0.39, 0.29) is 0 Å². The summed E-state index contributed by atoms with van der Waals surface area (Å²) >= 11 is 3.30. The largest absolute Gasteiger partial charge is 0.364 e. The minimum Gasteiger partial charge on any atom is -0.364 e. The van der Waals surface area contributed by atoms with Crippen molar-refractivity contribution in [2.45, 2.75) is 0 Å². The standard InChI is InChI=1S/C8H6BrN3O/c9-5-1-2-7-11-3-6(8(10)13)12(7)4-5/h1-4H,(H2,10,13). The van der Waals surface area contributed by atoms with Gasteiger partial charge in [0.15, 0.2) is 0 Å². The number of nitrogens with two attached hydrogens (primary N) is 1. The van der Waals surface area contributed by atoms with Crippen molar-refractivity contribution in [2.75, 3.05) is 0 Å². The van der Waals surface area contributed by atoms with Gasteiger partial charge in [-0.1, -0.05) is 0 Å². The number of aromatic nitrogens is 2. The highest BCUT2D eigenvalue weighted by Crippen LogP contribution is 2.12. The highest BCUT2D eigenvalue weighted by atomic mass is 79.9. The van der Waals surface area contributed by atoms with Gasteiger partial charge in [0, 0.05) is 10.7 Å². The highest BCUT2D eigenvalue weighted by molar-refractivity contribution is 9.10. The molecule has 0 aliphatic heterocycles. The van der Waals surface area contributed by atoms with Gasteiger partial charge < -0.3 is 5.73 Å². The van der Waals surface area contributed by atoms with Crippen LogP contribution in [0.4, 0.5) is 0 Å². The molecule has 2 N–H and O–H groups in total. The Labute approximate surface area is 82.5 Å². The summed E-state index contributed by atoms with van der Waals surface area (Å²) in [5, 5.41) is 0. The molecule has 66 valence electrons. The van der Waals surface area contributed by atoms with Gasteiger partial charge >= 0.3 is 0 Å². The normalized spacial score (nSPS) is 10.5. The third-order valence-corrected chi connectivity index (χ3v) is 2.19. The number of imidazole rings is 1. The lowest BCUT2D eigenvalue weighted by Crippen LogP contribution is -2.13. The molecular formula is C8H6BrN3O. The minimum atomic E-state index is -0.481. The summed E-state index contributed by atoms with van der Waals surface area (Å²) in [7, 11) is 0. The molecule has 1 amide bonds. The Morgan fingerprint density at radius 2 is 2.31 bits per heavy atom. The fourth-order valence-electron chi connectivity index (χ4n) is 1.14. The molecule has 13 heavy (non-hydrogen) atoms. The van der Waals surface area contributed by atoms with E-state index in [0.717, 1.165) is 4.47 Å².